The minimum atomic E-state index is 0.469. The summed E-state index contributed by atoms with van der Waals surface area (Å²) in [6, 6.07) is 9.05. The van der Waals surface area contributed by atoms with Crippen LogP contribution in [0.25, 0.3) is 0 Å². The molecule has 0 amide bonds. The van der Waals surface area contributed by atoms with E-state index in [1.54, 1.807) is 0 Å². The van der Waals surface area contributed by atoms with E-state index in [1.165, 1.54) is 16.8 Å². The van der Waals surface area contributed by atoms with Crippen molar-refractivity contribution in [3.05, 3.63) is 53.6 Å². The molecular formula is C13H13N. The maximum atomic E-state index is 3.53. The van der Waals surface area contributed by atoms with Crippen LogP contribution < -0.4 is 5.32 Å². The summed E-state index contributed by atoms with van der Waals surface area (Å²) in [5.74, 6) is 0.538. The van der Waals surface area contributed by atoms with Crippen molar-refractivity contribution in [2.75, 3.05) is 5.32 Å². The molecule has 1 aliphatic carbocycles. The van der Waals surface area contributed by atoms with Gasteiger partial charge in [0.25, 0.3) is 0 Å². The van der Waals surface area contributed by atoms with E-state index in [1.807, 2.05) is 0 Å². The molecule has 0 radical (unpaired) electrons. The SMILES string of the molecule is CC1=CC2c3ccccc3NC2C=C1. The first kappa shape index (κ1) is 7.86. The fraction of sp³-hybridized carbons (Fsp3) is 0.231. The number of allylic oxidation sites excluding steroid dienone is 2. The van der Waals surface area contributed by atoms with Gasteiger partial charge in [-0.15, -0.1) is 0 Å². The maximum absolute atomic E-state index is 3.53. The van der Waals surface area contributed by atoms with Crippen molar-refractivity contribution in [2.45, 2.75) is 18.9 Å². The van der Waals surface area contributed by atoms with Crippen LogP contribution in [0, 0.1) is 0 Å². The Balaban J connectivity index is 2.11. The van der Waals surface area contributed by atoms with Gasteiger partial charge in [-0.2, -0.15) is 0 Å². The molecule has 1 heterocycles. The summed E-state index contributed by atoms with van der Waals surface area (Å²) in [7, 11) is 0. The smallest absolute Gasteiger partial charge is 0.0551 e. The molecule has 1 aromatic rings. The van der Waals surface area contributed by atoms with Crippen LogP contribution in [0.2, 0.25) is 0 Å². The molecule has 2 unspecified atom stereocenters. The summed E-state index contributed by atoms with van der Waals surface area (Å²) in [5.41, 5.74) is 4.09. The van der Waals surface area contributed by atoms with Crippen molar-refractivity contribution in [3.8, 4) is 0 Å². The monoisotopic (exact) mass is 183 g/mol. The molecule has 0 spiro atoms. The van der Waals surface area contributed by atoms with Crippen molar-refractivity contribution >= 4 is 5.69 Å². The summed E-state index contributed by atoms with van der Waals surface area (Å²) < 4.78 is 0. The number of hydrogen-bond acceptors (Lipinski definition) is 1. The molecule has 1 heteroatoms. The lowest BCUT2D eigenvalue weighted by Gasteiger charge is -2.17. The normalized spacial score (nSPS) is 27.6. The molecule has 2 atom stereocenters. The molecule has 3 rings (SSSR count). The van der Waals surface area contributed by atoms with Crippen molar-refractivity contribution < 1.29 is 0 Å². The van der Waals surface area contributed by atoms with Gasteiger partial charge < -0.3 is 5.32 Å². The number of hydrogen-bond donors (Lipinski definition) is 1. The zero-order valence-electron chi connectivity index (χ0n) is 8.20. The van der Waals surface area contributed by atoms with Crippen LogP contribution in [-0.2, 0) is 0 Å². The van der Waals surface area contributed by atoms with E-state index in [-0.39, 0.29) is 0 Å². The Labute approximate surface area is 84.1 Å². The van der Waals surface area contributed by atoms with Crippen LogP contribution in [-0.4, -0.2) is 6.04 Å². The minimum Gasteiger partial charge on any atom is -0.378 e. The molecule has 0 aromatic heterocycles. The van der Waals surface area contributed by atoms with Gasteiger partial charge in [0.1, 0.15) is 0 Å². The fourth-order valence-corrected chi connectivity index (χ4v) is 2.34. The zero-order valence-corrected chi connectivity index (χ0v) is 8.20. The van der Waals surface area contributed by atoms with E-state index < -0.39 is 0 Å². The highest BCUT2D eigenvalue weighted by Crippen LogP contribution is 2.39. The van der Waals surface area contributed by atoms with Gasteiger partial charge in [0.05, 0.1) is 6.04 Å². The third-order valence-electron chi connectivity index (χ3n) is 3.04. The Morgan fingerprint density at radius 2 is 2.07 bits per heavy atom. The van der Waals surface area contributed by atoms with Crippen LogP contribution in [0.15, 0.2) is 48.1 Å². The molecule has 0 bridgehead atoms. The van der Waals surface area contributed by atoms with Crippen LogP contribution in [0.5, 0.6) is 0 Å². The van der Waals surface area contributed by atoms with Gasteiger partial charge >= 0.3 is 0 Å². The molecule has 1 N–H and O–H groups in total. The average Bonchev–Trinajstić information content (AvgIpc) is 2.56. The highest BCUT2D eigenvalue weighted by molar-refractivity contribution is 5.63. The Morgan fingerprint density at radius 1 is 1.21 bits per heavy atom. The predicted octanol–water partition coefficient (Wildman–Crippen LogP) is 3.08. The number of para-hydroxylation sites is 1. The lowest BCUT2D eigenvalue weighted by molar-refractivity contribution is 0.797. The third-order valence-corrected chi connectivity index (χ3v) is 3.04. The van der Waals surface area contributed by atoms with Crippen molar-refractivity contribution in [2.24, 2.45) is 0 Å². The van der Waals surface area contributed by atoms with Crippen LogP contribution in [0.4, 0.5) is 5.69 Å². The molecule has 1 nitrogen and oxygen atoms in total. The Hall–Kier alpha value is -1.50. The zero-order chi connectivity index (χ0) is 9.54. The van der Waals surface area contributed by atoms with E-state index in [4.69, 9.17) is 0 Å². The molecule has 70 valence electrons. The fourth-order valence-electron chi connectivity index (χ4n) is 2.34. The first-order valence-corrected chi connectivity index (χ1v) is 5.07. The largest absolute Gasteiger partial charge is 0.378 e. The molecule has 1 aromatic carbocycles. The molecular weight excluding hydrogens is 170 g/mol. The topological polar surface area (TPSA) is 12.0 Å². The summed E-state index contributed by atoms with van der Waals surface area (Å²) >= 11 is 0. The van der Waals surface area contributed by atoms with E-state index in [0.29, 0.717) is 12.0 Å². The van der Waals surface area contributed by atoms with E-state index in [0.717, 1.165) is 0 Å². The summed E-state index contributed by atoms with van der Waals surface area (Å²) in [4.78, 5) is 0. The number of nitrogens with one attached hydrogen (secondary N) is 1. The standard InChI is InChI=1S/C13H13N/c1-9-6-7-13-11(8-9)10-4-2-3-5-12(10)14-13/h2-8,11,13-14H,1H3. The average molecular weight is 183 g/mol. The Morgan fingerprint density at radius 3 is 3.00 bits per heavy atom. The van der Waals surface area contributed by atoms with Crippen molar-refractivity contribution in [3.63, 3.8) is 0 Å². The first-order valence-electron chi connectivity index (χ1n) is 5.07. The van der Waals surface area contributed by atoms with Gasteiger partial charge in [0.15, 0.2) is 0 Å². The van der Waals surface area contributed by atoms with Crippen LogP contribution in [0.1, 0.15) is 18.4 Å². The molecule has 0 fully saturated rings. The number of fused-ring (bicyclic) bond motifs is 3. The van der Waals surface area contributed by atoms with Crippen LogP contribution in [0.3, 0.4) is 0 Å². The molecule has 14 heavy (non-hydrogen) atoms. The quantitative estimate of drug-likeness (QED) is 0.651. The van der Waals surface area contributed by atoms with Gasteiger partial charge in [0, 0.05) is 11.6 Å². The predicted molar refractivity (Wildman–Crippen MR) is 59.5 cm³/mol. The summed E-state index contributed by atoms with van der Waals surface area (Å²) in [6.07, 6.45) is 6.81. The lowest BCUT2D eigenvalue weighted by atomic mass is 9.89. The van der Waals surface area contributed by atoms with Gasteiger partial charge in [-0.05, 0) is 18.6 Å². The van der Waals surface area contributed by atoms with Gasteiger partial charge in [-0.25, -0.2) is 0 Å². The van der Waals surface area contributed by atoms with Gasteiger partial charge in [0.2, 0.25) is 0 Å². The summed E-state index contributed by atoms with van der Waals surface area (Å²) in [5, 5.41) is 3.53. The Bertz CT molecular complexity index is 429. The van der Waals surface area contributed by atoms with E-state index in [9.17, 15) is 0 Å². The molecule has 1 aliphatic heterocycles. The highest BCUT2D eigenvalue weighted by Gasteiger charge is 2.29. The van der Waals surface area contributed by atoms with Crippen molar-refractivity contribution in [1.29, 1.82) is 0 Å². The second kappa shape index (κ2) is 2.74. The van der Waals surface area contributed by atoms with Crippen LogP contribution >= 0.6 is 0 Å². The number of benzene rings is 1. The second-order valence-corrected chi connectivity index (χ2v) is 4.05. The van der Waals surface area contributed by atoms with Gasteiger partial charge in [-0.3, -0.25) is 0 Å². The summed E-state index contributed by atoms with van der Waals surface area (Å²) in [6.45, 7) is 2.16. The van der Waals surface area contributed by atoms with Gasteiger partial charge in [-0.1, -0.05) is 42.0 Å². The molecule has 0 saturated heterocycles. The number of rotatable bonds is 0. The Kier molecular flexibility index (Phi) is 1.54. The first-order chi connectivity index (χ1) is 6.84. The number of anilines is 1. The molecule has 0 saturated carbocycles. The molecule has 2 aliphatic rings. The third kappa shape index (κ3) is 1.02. The lowest BCUT2D eigenvalue weighted by Crippen LogP contribution is -2.18. The van der Waals surface area contributed by atoms with E-state index >= 15 is 0 Å². The van der Waals surface area contributed by atoms with E-state index in [2.05, 4.69) is 54.7 Å². The highest BCUT2D eigenvalue weighted by atomic mass is 15.0. The minimum absolute atomic E-state index is 0.469. The van der Waals surface area contributed by atoms with Crippen molar-refractivity contribution in [1.82, 2.24) is 0 Å². The second-order valence-electron chi connectivity index (χ2n) is 4.05. The maximum Gasteiger partial charge on any atom is 0.0551 e.